The van der Waals surface area contributed by atoms with E-state index in [0.29, 0.717) is 10.7 Å². The van der Waals surface area contributed by atoms with Crippen LogP contribution in [0.1, 0.15) is 5.56 Å². The van der Waals surface area contributed by atoms with Crippen LogP contribution in [0.25, 0.3) is 0 Å². The molecule has 0 bridgehead atoms. The Morgan fingerprint density at radius 1 is 1.08 bits per heavy atom. The second kappa shape index (κ2) is 7.47. The average Bonchev–Trinajstić information content (AvgIpc) is 2.50. The van der Waals surface area contributed by atoms with Crippen LogP contribution in [0.15, 0.2) is 48.5 Å². The van der Waals surface area contributed by atoms with Crippen molar-refractivity contribution < 1.29 is 26.8 Å². The van der Waals surface area contributed by atoms with E-state index in [-0.39, 0.29) is 5.75 Å². The van der Waals surface area contributed by atoms with Crippen LogP contribution >= 0.6 is 19.3 Å². The summed E-state index contributed by atoms with van der Waals surface area (Å²) in [6.07, 6.45) is -4.64. The lowest BCUT2D eigenvalue weighted by Gasteiger charge is -2.21. The van der Waals surface area contributed by atoms with E-state index in [2.05, 4.69) is 9.61 Å². The number of hydrogen-bond donors (Lipinski definition) is 1. The van der Waals surface area contributed by atoms with E-state index >= 15 is 0 Å². The Kier molecular flexibility index (Phi) is 5.80. The summed E-state index contributed by atoms with van der Waals surface area (Å²) in [4.78, 5) is 0. The zero-order valence-electron chi connectivity index (χ0n) is 12.5. The number of anilines is 1. The fourth-order valence-corrected chi connectivity index (χ4v) is 3.13. The first kappa shape index (κ1) is 18.6. The standard InChI is InChI=1S/C15H14ClF3NO3P/c1-11-2-6-13(7-3-11)20-24(21,22-10-15(17,18)19)23-14-8-4-12(16)5-9-14/h2-9H,10H2,1H3,(H,20,21). The van der Waals surface area contributed by atoms with Gasteiger partial charge in [0.05, 0.1) is 0 Å². The van der Waals surface area contributed by atoms with Crippen LogP contribution in [0, 0.1) is 6.92 Å². The molecule has 0 aliphatic rings. The van der Waals surface area contributed by atoms with Crippen molar-refractivity contribution in [3.63, 3.8) is 0 Å². The SMILES string of the molecule is Cc1ccc(NP(=O)(OCC(F)(F)F)Oc2ccc(Cl)cc2)cc1. The number of hydrogen-bond acceptors (Lipinski definition) is 3. The molecule has 130 valence electrons. The Bertz CT molecular complexity index is 669. The van der Waals surface area contributed by atoms with E-state index in [0.717, 1.165) is 5.56 Å². The first-order valence-corrected chi connectivity index (χ1v) is 8.69. The molecular formula is C15H14ClF3NO3P. The molecule has 1 atom stereocenters. The van der Waals surface area contributed by atoms with Crippen LogP contribution in [0.5, 0.6) is 5.75 Å². The fourth-order valence-electron chi connectivity index (χ4n) is 1.66. The maximum Gasteiger partial charge on any atom is 0.486 e. The number of alkyl halides is 3. The summed E-state index contributed by atoms with van der Waals surface area (Å²) in [7, 11) is -4.30. The summed E-state index contributed by atoms with van der Waals surface area (Å²) < 4.78 is 59.6. The highest BCUT2D eigenvalue weighted by atomic mass is 35.5. The number of benzene rings is 2. The van der Waals surface area contributed by atoms with Crippen molar-refractivity contribution in [3.05, 3.63) is 59.1 Å². The highest BCUT2D eigenvalue weighted by molar-refractivity contribution is 7.55. The van der Waals surface area contributed by atoms with E-state index in [4.69, 9.17) is 16.1 Å². The second-order valence-corrected chi connectivity index (χ2v) is 7.00. The Balaban J connectivity index is 2.20. The van der Waals surface area contributed by atoms with Gasteiger partial charge in [-0.3, -0.25) is 9.61 Å². The zero-order chi connectivity index (χ0) is 17.8. The van der Waals surface area contributed by atoms with Gasteiger partial charge in [0.15, 0.2) is 6.61 Å². The van der Waals surface area contributed by atoms with Gasteiger partial charge in [-0.1, -0.05) is 29.3 Å². The zero-order valence-corrected chi connectivity index (χ0v) is 14.2. The lowest BCUT2D eigenvalue weighted by molar-refractivity contribution is -0.154. The number of nitrogens with one attached hydrogen (secondary N) is 1. The quantitative estimate of drug-likeness (QED) is 0.642. The van der Waals surface area contributed by atoms with Crippen molar-refractivity contribution >= 4 is 25.0 Å². The van der Waals surface area contributed by atoms with Gasteiger partial charge in [-0.25, -0.2) is 4.57 Å². The normalized spacial score (nSPS) is 14.0. The van der Waals surface area contributed by atoms with Crippen molar-refractivity contribution in [2.75, 3.05) is 11.7 Å². The van der Waals surface area contributed by atoms with E-state index in [1.165, 1.54) is 24.3 Å². The summed E-state index contributed by atoms with van der Waals surface area (Å²) in [6.45, 7) is 0.129. The molecule has 0 spiro atoms. The predicted molar refractivity (Wildman–Crippen MR) is 86.5 cm³/mol. The van der Waals surface area contributed by atoms with Crippen LogP contribution < -0.4 is 9.61 Å². The van der Waals surface area contributed by atoms with Gasteiger partial charge in [-0.05, 0) is 43.3 Å². The monoisotopic (exact) mass is 379 g/mol. The van der Waals surface area contributed by atoms with Crippen LogP contribution in [0.4, 0.5) is 18.9 Å². The third kappa shape index (κ3) is 6.07. The Labute approximate surface area is 142 Å². The molecule has 1 N–H and O–H groups in total. The molecular weight excluding hydrogens is 366 g/mol. The van der Waals surface area contributed by atoms with Crippen molar-refractivity contribution in [3.8, 4) is 5.75 Å². The highest BCUT2D eigenvalue weighted by Gasteiger charge is 2.36. The lowest BCUT2D eigenvalue weighted by Crippen LogP contribution is -2.19. The molecule has 0 aromatic heterocycles. The van der Waals surface area contributed by atoms with Crippen molar-refractivity contribution in [2.45, 2.75) is 13.1 Å². The summed E-state index contributed by atoms with van der Waals surface area (Å²) in [5.41, 5.74) is 1.24. The molecule has 24 heavy (non-hydrogen) atoms. The van der Waals surface area contributed by atoms with Crippen LogP contribution in [0.2, 0.25) is 5.02 Å². The summed E-state index contributed by atoms with van der Waals surface area (Å²) >= 11 is 5.73. The first-order chi connectivity index (χ1) is 11.2. The van der Waals surface area contributed by atoms with Crippen molar-refractivity contribution in [1.29, 1.82) is 0 Å². The van der Waals surface area contributed by atoms with E-state index in [9.17, 15) is 17.7 Å². The van der Waals surface area contributed by atoms with E-state index < -0.39 is 20.5 Å². The van der Waals surface area contributed by atoms with Gasteiger partial charge in [0.25, 0.3) is 0 Å². The Morgan fingerprint density at radius 2 is 1.67 bits per heavy atom. The minimum absolute atomic E-state index is 0.0597. The molecule has 9 heteroatoms. The van der Waals surface area contributed by atoms with Gasteiger partial charge >= 0.3 is 13.9 Å². The van der Waals surface area contributed by atoms with Crippen LogP contribution in [-0.2, 0) is 9.09 Å². The van der Waals surface area contributed by atoms with Crippen LogP contribution in [0.3, 0.4) is 0 Å². The summed E-state index contributed by atoms with van der Waals surface area (Å²) in [5, 5.41) is 2.80. The first-order valence-electron chi connectivity index (χ1n) is 6.77. The maximum absolute atomic E-state index is 12.7. The van der Waals surface area contributed by atoms with E-state index in [1.54, 1.807) is 24.3 Å². The molecule has 2 aromatic rings. The number of halogens is 4. The molecule has 2 aromatic carbocycles. The van der Waals surface area contributed by atoms with Crippen LogP contribution in [-0.4, -0.2) is 12.8 Å². The minimum Gasteiger partial charge on any atom is -0.409 e. The highest BCUT2D eigenvalue weighted by Crippen LogP contribution is 2.49. The maximum atomic E-state index is 12.7. The van der Waals surface area contributed by atoms with Crippen molar-refractivity contribution in [1.82, 2.24) is 0 Å². The second-order valence-electron chi connectivity index (χ2n) is 4.91. The smallest absolute Gasteiger partial charge is 0.409 e. The average molecular weight is 380 g/mol. The molecule has 0 saturated carbocycles. The molecule has 4 nitrogen and oxygen atoms in total. The molecule has 0 aliphatic carbocycles. The molecule has 0 heterocycles. The van der Waals surface area contributed by atoms with Gasteiger partial charge in [-0.15, -0.1) is 0 Å². The predicted octanol–water partition coefficient (Wildman–Crippen LogP) is 5.83. The largest absolute Gasteiger partial charge is 0.486 e. The Hall–Kier alpha value is -1.69. The molecule has 1 unspecified atom stereocenters. The molecule has 0 radical (unpaired) electrons. The molecule has 0 fully saturated rings. The molecule has 2 rings (SSSR count). The Morgan fingerprint density at radius 3 is 2.21 bits per heavy atom. The molecule has 0 amide bonds. The molecule has 0 aliphatic heterocycles. The summed E-state index contributed by atoms with van der Waals surface area (Å²) in [5.74, 6) is 0.0597. The topological polar surface area (TPSA) is 47.6 Å². The third-order valence-electron chi connectivity index (χ3n) is 2.75. The number of aryl methyl sites for hydroxylation is 1. The lowest BCUT2D eigenvalue weighted by atomic mass is 10.2. The van der Waals surface area contributed by atoms with Gasteiger partial charge in [0.2, 0.25) is 0 Å². The van der Waals surface area contributed by atoms with Gasteiger partial charge < -0.3 is 4.52 Å². The van der Waals surface area contributed by atoms with Crippen molar-refractivity contribution in [2.24, 2.45) is 0 Å². The minimum atomic E-state index is -4.64. The van der Waals surface area contributed by atoms with E-state index in [1.807, 2.05) is 6.92 Å². The number of rotatable bonds is 6. The summed E-state index contributed by atoms with van der Waals surface area (Å²) in [6, 6.07) is 12.2. The molecule has 0 saturated heterocycles. The third-order valence-corrected chi connectivity index (χ3v) is 4.46. The van der Waals surface area contributed by atoms with Gasteiger partial charge in [-0.2, -0.15) is 13.2 Å². The van der Waals surface area contributed by atoms with Gasteiger partial charge in [0.1, 0.15) is 5.75 Å². The van der Waals surface area contributed by atoms with Gasteiger partial charge in [0, 0.05) is 10.7 Å². The fraction of sp³-hybridized carbons (Fsp3) is 0.200.